The molecular formula is C18H20N4O5S. The average Bonchev–Trinajstić information content (AvgIpc) is 3.29. The fourth-order valence-electron chi connectivity index (χ4n) is 2.98. The van der Waals surface area contributed by atoms with Gasteiger partial charge in [0.25, 0.3) is 0 Å². The molecule has 2 aromatic heterocycles. The first-order valence-corrected chi connectivity index (χ1v) is 10.4. The van der Waals surface area contributed by atoms with E-state index in [1.165, 1.54) is 20.8 Å². The number of hydrogen-bond acceptors (Lipinski definition) is 7. The summed E-state index contributed by atoms with van der Waals surface area (Å²) in [5.74, 6) is 0.782. The maximum atomic E-state index is 12.5. The number of fused-ring (bicyclic) bond motifs is 1. The van der Waals surface area contributed by atoms with Gasteiger partial charge in [-0.25, -0.2) is 13.4 Å². The topological polar surface area (TPSA) is 127 Å². The normalized spacial score (nSPS) is 15.7. The lowest BCUT2D eigenvalue weighted by atomic mass is 10.2. The van der Waals surface area contributed by atoms with Gasteiger partial charge in [-0.1, -0.05) is 5.16 Å². The number of hydrogen-bond donors (Lipinski definition) is 2. The van der Waals surface area contributed by atoms with Crippen molar-refractivity contribution < 1.29 is 22.2 Å². The smallest absolute Gasteiger partial charge is 0.246 e. The summed E-state index contributed by atoms with van der Waals surface area (Å²) >= 11 is 0. The number of amides is 1. The van der Waals surface area contributed by atoms with Gasteiger partial charge in [0.1, 0.15) is 16.1 Å². The maximum absolute atomic E-state index is 12.5. The Kier molecular flexibility index (Phi) is 4.47. The molecule has 4 rings (SSSR count). The van der Waals surface area contributed by atoms with Crippen LogP contribution in [0.3, 0.4) is 0 Å². The van der Waals surface area contributed by atoms with E-state index in [0.29, 0.717) is 22.7 Å². The average molecular weight is 404 g/mol. The highest BCUT2D eigenvalue weighted by Gasteiger charge is 2.30. The van der Waals surface area contributed by atoms with E-state index in [4.69, 9.17) is 8.94 Å². The molecule has 1 saturated carbocycles. The minimum absolute atomic E-state index is 0.0521. The zero-order valence-electron chi connectivity index (χ0n) is 15.6. The van der Waals surface area contributed by atoms with E-state index in [1.807, 2.05) is 0 Å². The largest absolute Gasteiger partial charge is 0.440 e. The van der Waals surface area contributed by atoms with Crippen LogP contribution in [-0.2, 0) is 14.8 Å². The number of sulfonamides is 1. The van der Waals surface area contributed by atoms with Crippen LogP contribution in [0.5, 0.6) is 0 Å². The fraction of sp³-hybridized carbons (Fsp3) is 0.389. The van der Waals surface area contributed by atoms with Gasteiger partial charge in [-0.05, 0) is 51.8 Å². The molecule has 9 nitrogen and oxygen atoms in total. The molecule has 0 bridgehead atoms. The minimum atomic E-state index is -3.94. The Balaban J connectivity index is 1.47. The van der Waals surface area contributed by atoms with Crippen molar-refractivity contribution in [1.82, 2.24) is 14.9 Å². The standard InChI is InChI=1S/C18H20N4O5S/c1-9-16(11(3)27-21-9)28(24,25)22-10(2)17(23)19-13-6-7-15-14(8-13)20-18(26-15)12-4-5-12/h6-8,10,12,22H,4-5H2,1-3H3,(H,19,23)/t10-/m0/s1. The summed E-state index contributed by atoms with van der Waals surface area (Å²) in [4.78, 5) is 16.9. The molecule has 0 saturated heterocycles. The zero-order valence-corrected chi connectivity index (χ0v) is 16.5. The Bertz CT molecular complexity index is 1140. The van der Waals surface area contributed by atoms with Crippen molar-refractivity contribution in [3.63, 3.8) is 0 Å². The van der Waals surface area contributed by atoms with E-state index in [9.17, 15) is 13.2 Å². The molecule has 148 valence electrons. The lowest BCUT2D eigenvalue weighted by molar-refractivity contribution is -0.117. The molecule has 1 aliphatic rings. The van der Waals surface area contributed by atoms with Gasteiger partial charge >= 0.3 is 0 Å². The van der Waals surface area contributed by atoms with Gasteiger partial charge in [0.05, 0.1) is 6.04 Å². The summed E-state index contributed by atoms with van der Waals surface area (Å²) in [6.07, 6.45) is 2.17. The second-order valence-electron chi connectivity index (χ2n) is 6.99. The fourth-order valence-corrected chi connectivity index (χ4v) is 4.51. The van der Waals surface area contributed by atoms with Crippen molar-refractivity contribution in [1.29, 1.82) is 0 Å². The Labute approximate surface area is 161 Å². The number of aryl methyl sites for hydroxylation is 2. The van der Waals surface area contributed by atoms with Crippen molar-refractivity contribution in [2.75, 3.05) is 5.32 Å². The predicted octanol–water partition coefficient (Wildman–Crippen LogP) is 2.62. The van der Waals surface area contributed by atoms with Crippen molar-refractivity contribution in [2.45, 2.75) is 50.5 Å². The van der Waals surface area contributed by atoms with Gasteiger partial charge in [-0.3, -0.25) is 4.79 Å². The number of nitrogens with zero attached hydrogens (tertiary/aromatic N) is 2. The molecule has 1 atom stereocenters. The van der Waals surface area contributed by atoms with E-state index in [-0.39, 0.29) is 16.3 Å². The van der Waals surface area contributed by atoms with Gasteiger partial charge < -0.3 is 14.3 Å². The molecule has 3 aromatic rings. The van der Waals surface area contributed by atoms with E-state index in [0.717, 1.165) is 18.7 Å². The first-order chi connectivity index (χ1) is 13.2. The van der Waals surface area contributed by atoms with Crippen molar-refractivity contribution >= 4 is 32.7 Å². The summed E-state index contributed by atoms with van der Waals surface area (Å²) in [5.41, 5.74) is 2.06. The summed E-state index contributed by atoms with van der Waals surface area (Å²) in [5, 5.41) is 6.34. The van der Waals surface area contributed by atoms with E-state index in [2.05, 4.69) is 20.2 Å². The molecule has 1 aliphatic carbocycles. The van der Waals surface area contributed by atoms with Gasteiger partial charge in [0.2, 0.25) is 15.9 Å². The number of benzene rings is 1. The van der Waals surface area contributed by atoms with Crippen LogP contribution >= 0.6 is 0 Å². The van der Waals surface area contributed by atoms with Crippen molar-refractivity contribution in [2.24, 2.45) is 0 Å². The van der Waals surface area contributed by atoms with Gasteiger partial charge in [0, 0.05) is 11.6 Å². The second kappa shape index (κ2) is 6.71. The number of aromatic nitrogens is 2. The molecule has 10 heteroatoms. The number of carbonyl (C=O) groups is 1. The number of rotatable bonds is 6. The molecule has 0 spiro atoms. The molecule has 0 aliphatic heterocycles. The molecule has 1 amide bonds. The number of carbonyl (C=O) groups excluding carboxylic acids is 1. The van der Waals surface area contributed by atoms with Crippen molar-refractivity contribution in [3.8, 4) is 0 Å². The summed E-state index contributed by atoms with van der Waals surface area (Å²) in [6.45, 7) is 4.49. The van der Waals surface area contributed by atoms with Crippen LogP contribution in [0.1, 0.15) is 43.0 Å². The number of oxazole rings is 1. The minimum Gasteiger partial charge on any atom is -0.440 e. The molecule has 2 N–H and O–H groups in total. The Morgan fingerprint density at radius 2 is 2.04 bits per heavy atom. The Morgan fingerprint density at radius 1 is 1.29 bits per heavy atom. The lowest BCUT2D eigenvalue weighted by Crippen LogP contribution is -2.41. The molecule has 28 heavy (non-hydrogen) atoms. The summed E-state index contributed by atoms with van der Waals surface area (Å²) in [6, 6.07) is 4.13. The van der Waals surface area contributed by atoms with Gasteiger partial charge in [-0.2, -0.15) is 4.72 Å². The third-order valence-corrected chi connectivity index (χ3v) is 6.34. The molecule has 1 aromatic carbocycles. The second-order valence-corrected chi connectivity index (χ2v) is 8.65. The van der Waals surface area contributed by atoms with Gasteiger partial charge in [-0.15, -0.1) is 0 Å². The summed E-state index contributed by atoms with van der Waals surface area (Å²) < 4.78 is 38.0. The zero-order chi connectivity index (χ0) is 20.1. The van der Waals surface area contributed by atoms with Gasteiger partial charge in [0.15, 0.2) is 17.2 Å². The van der Waals surface area contributed by atoms with Crippen molar-refractivity contribution in [3.05, 3.63) is 35.5 Å². The van der Waals surface area contributed by atoms with Crippen LogP contribution in [0.25, 0.3) is 11.1 Å². The molecule has 0 radical (unpaired) electrons. The first kappa shape index (κ1) is 18.6. The highest BCUT2D eigenvalue weighted by atomic mass is 32.2. The molecule has 2 heterocycles. The van der Waals surface area contributed by atoms with Crippen LogP contribution in [-0.4, -0.2) is 30.5 Å². The highest BCUT2D eigenvalue weighted by Crippen LogP contribution is 2.40. The van der Waals surface area contributed by atoms with E-state index >= 15 is 0 Å². The third-order valence-electron chi connectivity index (χ3n) is 4.56. The Morgan fingerprint density at radius 3 is 2.68 bits per heavy atom. The van der Waals surface area contributed by atoms with E-state index < -0.39 is 22.0 Å². The maximum Gasteiger partial charge on any atom is 0.246 e. The molecule has 1 fully saturated rings. The third kappa shape index (κ3) is 3.52. The Hall–Kier alpha value is -2.72. The first-order valence-electron chi connectivity index (χ1n) is 8.91. The molecule has 0 unspecified atom stereocenters. The van der Waals surface area contributed by atoms with Crippen LogP contribution in [0.4, 0.5) is 5.69 Å². The van der Waals surface area contributed by atoms with Crippen LogP contribution < -0.4 is 10.0 Å². The summed E-state index contributed by atoms with van der Waals surface area (Å²) in [7, 11) is -3.94. The number of anilines is 1. The monoisotopic (exact) mass is 404 g/mol. The van der Waals surface area contributed by atoms with Crippen LogP contribution in [0, 0.1) is 13.8 Å². The predicted molar refractivity (Wildman–Crippen MR) is 100 cm³/mol. The van der Waals surface area contributed by atoms with Crippen LogP contribution in [0.15, 0.2) is 32.0 Å². The SMILES string of the molecule is Cc1noc(C)c1S(=O)(=O)N[C@@H](C)C(=O)Nc1ccc2oc(C3CC3)nc2c1. The molecular weight excluding hydrogens is 384 g/mol. The van der Waals surface area contributed by atoms with Crippen LogP contribution in [0.2, 0.25) is 0 Å². The number of nitrogens with one attached hydrogen (secondary N) is 2. The quantitative estimate of drug-likeness (QED) is 0.646. The highest BCUT2D eigenvalue weighted by molar-refractivity contribution is 7.89. The van der Waals surface area contributed by atoms with E-state index in [1.54, 1.807) is 18.2 Å². The lowest BCUT2D eigenvalue weighted by Gasteiger charge is -2.14.